The molecule has 1 aromatic carbocycles. The molecule has 0 radical (unpaired) electrons. The number of nitrogens with one attached hydrogen (secondary N) is 1. The molecule has 0 spiro atoms. The Kier molecular flexibility index (Phi) is 6.11. The van der Waals surface area contributed by atoms with Gasteiger partial charge in [0.1, 0.15) is 4.83 Å². The van der Waals surface area contributed by atoms with E-state index in [0.717, 1.165) is 65.7 Å². The van der Waals surface area contributed by atoms with Gasteiger partial charge in [0.2, 0.25) is 0 Å². The van der Waals surface area contributed by atoms with Crippen LogP contribution in [0, 0.1) is 12.8 Å². The molecule has 1 amide bonds. The van der Waals surface area contributed by atoms with Gasteiger partial charge in [-0.1, -0.05) is 20.8 Å². The van der Waals surface area contributed by atoms with Gasteiger partial charge in [-0.2, -0.15) is 5.10 Å². The van der Waals surface area contributed by atoms with E-state index in [0.29, 0.717) is 5.92 Å². The molecule has 0 saturated carbocycles. The first kappa shape index (κ1) is 20.9. The zero-order valence-electron chi connectivity index (χ0n) is 18.3. The summed E-state index contributed by atoms with van der Waals surface area (Å²) in [4.78, 5) is 19.5. The van der Waals surface area contributed by atoms with Gasteiger partial charge in [-0.25, -0.2) is 0 Å². The van der Waals surface area contributed by atoms with E-state index in [1.807, 2.05) is 29.8 Å². The van der Waals surface area contributed by atoms with Crippen LogP contribution in [0.2, 0.25) is 0 Å². The Bertz CT molecular complexity index is 1010. The molecule has 3 heterocycles. The molecule has 2 aromatic heterocycles. The SMILES string of the molecule is CCN1CCN(c2ccc(NC(=O)c3cc4c(C)nn(CC(C)C)c4s3)cc2)CC1. The quantitative estimate of drug-likeness (QED) is 0.634. The first-order valence-electron chi connectivity index (χ1n) is 10.8. The molecule has 0 atom stereocenters. The van der Waals surface area contributed by atoms with Gasteiger partial charge in [0.25, 0.3) is 5.91 Å². The third kappa shape index (κ3) is 4.37. The average Bonchev–Trinajstić information content (AvgIpc) is 3.30. The second-order valence-electron chi connectivity index (χ2n) is 8.41. The second kappa shape index (κ2) is 8.78. The first-order chi connectivity index (χ1) is 14.4. The van der Waals surface area contributed by atoms with E-state index in [1.54, 1.807) is 0 Å². The fourth-order valence-electron chi connectivity index (χ4n) is 3.96. The van der Waals surface area contributed by atoms with Crippen molar-refractivity contribution in [3.8, 4) is 0 Å². The average molecular weight is 426 g/mol. The normalized spacial score (nSPS) is 15.3. The minimum Gasteiger partial charge on any atom is -0.369 e. The van der Waals surface area contributed by atoms with Gasteiger partial charge in [-0.15, -0.1) is 11.3 Å². The van der Waals surface area contributed by atoms with Gasteiger partial charge in [0, 0.05) is 49.5 Å². The minimum atomic E-state index is -0.0593. The molecule has 7 heteroatoms. The summed E-state index contributed by atoms with van der Waals surface area (Å²) >= 11 is 1.52. The number of aromatic nitrogens is 2. The van der Waals surface area contributed by atoms with E-state index in [4.69, 9.17) is 0 Å². The summed E-state index contributed by atoms with van der Waals surface area (Å²) in [5.74, 6) is 0.450. The van der Waals surface area contributed by atoms with Crippen LogP contribution in [0.15, 0.2) is 30.3 Å². The zero-order valence-corrected chi connectivity index (χ0v) is 19.1. The van der Waals surface area contributed by atoms with E-state index >= 15 is 0 Å². The van der Waals surface area contributed by atoms with Crippen molar-refractivity contribution in [3.05, 3.63) is 40.9 Å². The number of hydrogen-bond donors (Lipinski definition) is 1. The maximum absolute atomic E-state index is 12.8. The summed E-state index contributed by atoms with van der Waals surface area (Å²) in [5, 5.41) is 8.75. The maximum Gasteiger partial charge on any atom is 0.265 e. The highest BCUT2D eigenvalue weighted by molar-refractivity contribution is 7.20. The van der Waals surface area contributed by atoms with Crippen LogP contribution < -0.4 is 10.2 Å². The number of fused-ring (bicyclic) bond motifs is 1. The van der Waals surface area contributed by atoms with E-state index in [-0.39, 0.29) is 5.91 Å². The van der Waals surface area contributed by atoms with Crippen LogP contribution in [0.4, 0.5) is 11.4 Å². The molecule has 1 aliphatic rings. The number of nitrogens with zero attached hydrogens (tertiary/aromatic N) is 4. The smallest absolute Gasteiger partial charge is 0.265 e. The van der Waals surface area contributed by atoms with E-state index in [9.17, 15) is 4.79 Å². The number of hydrogen-bond acceptors (Lipinski definition) is 5. The summed E-state index contributed by atoms with van der Waals surface area (Å²) in [7, 11) is 0. The summed E-state index contributed by atoms with van der Waals surface area (Å²) in [6.07, 6.45) is 0. The number of amides is 1. The third-order valence-corrected chi connectivity index (χ3v) is 6.83. The summed E-state index contributed by atoms with van der Waals surface area (Å²) in [6, 6.07) is 10.2. The molecule has 1 fully saturated rings. The lowest BCUT2D eigenvalue weighted by Gasteiger charge is -2.35. The largest absolute Gasteiger partial charge is 0.369 e. The zero-order chi connectivity index (χ0) is 21.3. The van der Waals surface area contributed by atoms with E-state index < -0.39 is 0 Å². The predicted molar refractivity (Wildman–Crippen MR) is 126 cm³/mol. The van der Waals surface area contributed by atoms with Crippen LogP contribution in [0.25, 0.3) is 10.2 Å². The van der Waals surface area contributed by atoms with Crippen molar-refractivity contribution in [1.29, 1.82) is 0 Å². The van der Waals surface area contributed by atoms with Crippen LogP contribution in [-0.2, 0) is 6.54 Å². The second-order valence-corrected chi connectivity index (χ2v) is 9.44. The van der Waals surface area contributed by atoms with Gasteiger partial charge in [-0.05, 0) is 49.7 Å². The lowest BCUT2D eigenvalue weighted by Crippen LogP contribution is -2.46. The predicted octanol–water partition coefficient (Wildman–Crippen LogP) is 4.46. The van der Waals surface area contributed by atoms with Crippen LogP contribution in [0.1, 0.15) is 36.1 Å². The van der Waals surface area contributed by atoms with Crippen molar-refractivity contribution in [2.24, 2.45) is 5.92 Å². The van der Waals surface area contributed by atoms with Gasteiger partial charge in [0.15, 0.2) is 0 Å². The molecule has 0 unspecified atom stereocenters. The highest BCUT2D eigenvalue weighted by Gasteiger charge is 2.18. The van der Waals surface area contributed by atoms with Gasteiger partial charge in [0.05, 0.1) is 10.6 Å². The van der Waals surface area contributed by atoms with Crippen molar-refractivity contribution < 1.29 is 4.79 Å². The molecular formula is C23H31N5OS. The van der Waals surface area contributed by atoms with Gasteiger partial charge in [-0.3, -0.25) is 9.48 Å². The number of anilines is 2. The molecule has 6 nitrogen and oxygen atoms in total. The third-order valence-electron chi connectivity index (χ3n) is 5.68. The monoisotopic (exact) mass is 425 g/mol. The summed E-state index contributed by atoms with van der Waals surface area (Å²) in [5.41, 5.74) is 3.03. The number of rotatable bonds is 6. The Balaban J connectivity index is 1.44. The first-order valence-corrected chi connectivity index (χ1v) is 11.6. The fourth-order valence-corrected chi connectivity index (χ4v) is 5.03. The molecule has 1 aliphatic heterocycles. The van der Waals surface area contributed by atoms with Crippen LogP contribution >= 0.6 is 11.3 Å². The van der Waals surface area contributed by atoms with Gasteiger partial charge < -0.3 is 15.1 Å². The van der Waals surface area contributed by atoms with Crippen LogP contribution in [0.5, 0.6) is 0 Å². The highest BCUT2D eigenvalue weighted by Crippen LogP contribution is 2.29. The summed E-state index contributed by atoms with van der Waals surface area (Å²) in [6.45, 7) is 14.9. The van der Waals surface area contributed by atoms with Crippen molar-refractivity contribution >= 4 is 38.8 Å². The Morgan fingerprint density at radius 1 is 1.17 bits per heavy atom. The number of benzene rings is 1. The Hall–Kier alpha value is -2.38. The molecule has 30 heavy (non-hydrogen) atoms. The molecule has 1 N–H and O–H groups in total. The Labute approximate surface area is 182 Å². The molecular weight excluding hydrogens is 394 g/mol. The number of carbonyl (C=O) groups excluding carboxylic acids is 1. The Morgan fingerprint density at radius 2 is 1.87 bits per heavy atom. The molecule has 4 rings (SSSR count). The lowest BCUT2D eigenvalue weighted by molar-refractivity contribution is 0.103. The van der Waals surface area contributed by atoms with E-state index in [1.165, 1.54) is 17.0 Å². The number of likely N-dealkylation sites (N-methyl/N-ethyl adjacent to an activating group) is 1. The molecule has 160 valence electrons. The van der Waals surface area contributed by atoms with Crippen LogP contribution in [0.3, 0.4) is 0 Å². The minimum absolute atomic E-state index is 0.0593. The Morgan fingerprint density at radius 3 is 2.50 bits per heavy atom. The van der Waals surface area contributed by atoms with E-state index in [2.05, 4.69) is 53.1 Å². The highest BCUT2D eigenvalue weighted by atomic mass is 32.1. The van der Waals surface area contributed by atoms with Gasteiger partial charge >= 0.3 is 0 Å². The standard InChI is InChI=1S/C23H31N5OS/c1-5-26-10-12-27(13-11-26)19-8-6-18(7-9-19)24-22(29)21-14-20-17(4)25-28(15-16(2)3)23(20)30-21/h6-9,14,16H,5,10-13,15H2,1-4H3,(H,24,29). The molecule has 0 aliphatic carbocycles. The number of aryl methyl sites for hydroxylation is 1. The van der Waals surface area contributed by atoms with Crippen molar-refractivity contribution in [3.63, 3.8) is 0 Å². The fraction of sp³-hybridized carbons (Fsp3) is 0.478. The lowest BCUT2D eigenvalue weighted by atomic mass is 10.2. The summed E-state index contributed by atoms with van der Waals surface area (Å²) < 4.78 is 2.03. The van der Waals surface area contributed by atoms with Crippen molar-refractivity contribution in [2.45, 2.75) is 34.2 Å². The number of piperazine rings is 1. The maximum atomic E-state index is 12.8. The van der Waals surface area contributed by atoms with Crippen LogP contribution in [-0.4, -0.2) is 53.3 Å². The molecule has 0 bridgehead atoms. The number of thiophene rings is 1. The van der Waals surface area contributed by atoms with Crippen molar-refractivity contribution in [2.75, 3.05) is 42.9 Å². The topological polar surface area (TPSA) is 53.4 Å². The molecule has 3 aromatic rings. The molecule has 1 saturated heterocycles. The number of carbonyl (C=O) groups is 1. The van der Waals surface area contributed by atoms with Crippen molar-refractivity contribution in [1.82, 2.24) is 14.7 Å².